The number of methoxy groups -OCH3 is 1. The van der Waals surface area contributed by atoms with E-state index in [1.165, 1.54) is 29.5 Å². The molecule has 0 radical (unpaired) electrons. The van der Waals surface area contributed by atoms with Gasteiger partial charge in [0.15, 0.2) is 0 Å². The minimum atomic E-state index is 0.411. The van der Waals surface area contributed by atoms with Crippen molar-refractivity contribution in [3.8, 4) is 5.75 Å². The maximum Gasteiger partial charge on any atom is 0.126 e. The highest BCUT2D eigenvalue weighted by molar-refractivity contribution is 5.43. The predicted molar refractivity (Wildman–Crippen MR) is 79.5 cm³/mol. The van der Waals surface area contributed by atoms with Crippen LogP contribution in [0.15, 0.2) is 12.1 Å². The first-order valence-corrected chi connectivity index (χ1v) is 7.23. The van der Waals surface area contributed by atoms with Crippen molar-refractivity contribution in [3.05, 3.63) is 28.8 Å². The number of nitrogens with two attached hydrogens (primary N) is 1. The summed E-state index contributed by atoms with van der Waals surface area (Å²) < 4.78 is 5.53. The molecule has 0 unspecified atom stereocenters. The Hall–Kier alpha value is -1.06. The van der Waals surface area contributed by atoms with Gasteiger partial charge in [0.25, 0.3) is 0 Å². The van der Waals surface area contributed by atoms with Crippen LogP contribution in [0.3, 0.4) is 0 Å². The van der Waals surface area contributed by atoms with Crippen LogP contribution in [-0.4, -0.2) is 19.2 Å². The highest BCUT2D eigenvalue weighted by Gasteiger charge is 2.18. The molecule has 0 saturated heterocycles. The Bertz CT molecular complexity index is 423. The van der Waals surface area contributed by atoms with Crippen LogP contribution in [0.1, 0.15) is 42.4 Å². The zero-order valence-corrected chi connectivity index (χ0v) is 12.3. The summed E-state index contributed by atoms with van der Waals surface area (Å²) in [4.78, 5) is 0. The van der Waals surface area contributed by atoms with E-state index in [9.17, 15) is 0 Å². The molecule has 0 amide bonds. The Kier molecular flexibility index (Phi) is 4.83. The van der Waals surface area contributed by atoms with Gasteiger partial charge in [-0.1, -0.05) is 17.7 Å². The average molecular weight is 262 g/mol. The fourth-order valence-electron chi connectivity index (χ4n) is 3.04. The van der Waals surface area contributed by atoms with Crippen LogP contribution >= 0.6 is 0 Å². The van der Waals surface area contributed by atoms with Crippen LogP contribution in [0.25, 0.3) is 0 Å². The van der Waals surface area contributed by atoms with Gasteiger partial charge in [0.05, 0.1) is 7.11 Å². The molecule has 0 aliphatic heterocycles. The number of hydrogen-bond acceptors (Lipinski definition) is 3. The SMILES string of the molecule is COc1c(C)cc(C)cc1CNC1CCC(N)CC1. The molecule has 1 aliphatic carbocycles. The first-order chi connectivity index (χ1) is 9.10. The van der Waals surface area contributed by atoms with E-state index in [1.54, 1.807) is 7.11 Å². The lowest BCUT2D eigenvalue weighted by molar-refractivity contribution is 0.338. The molecule has 1 saturated carbocycles. The fourth-order valence-corrected chi connectivity index (χ4v) is 3.04. The molecule has 1 aromatic rings. The number of rotatable bonds is 4. The lowest BCUT2D eigenvalue weighted by atomic mass is 9.91. The number of nitrogens with one attached hydrogen (secondary N) is 1. The maximum atomic E-state index is 5.94. The quantitative estimate of drug-likeness (QED) is 0.877. The normalized spacial score (nSPS) is 23.4. The standard InChI is InChI=1S/C16H26N2O/c1-11-8-12(2)16(19-3)13(9-11)10-18-15-6-4-14(17)5-7-15/h8-9,14-15,18H,4-7,10,17H2,1-3H3. The van der Waals surface area contributed by atoms with Gasteiger partial charge < -0.3 is 15.8 Å². The molecule has 0 heterocycles. The Morgan fingerprint density at radius 3 is 2.53 bits per heavy atom. The van der Waals surface area contributed by atoms with Gasteiger partial charge in [-0.3, -0.25) is 0 Å². The van der Waals surface area contributed by atoms with Gasteiger partial charge in [0, 0.05) is 24.2 Å². The minimum Gasteiger partial charge on any atom is -0.496 e. The van der Waals surface area contributed by atoms with Crippen LogP contribution in [0, 0.1) is 13.8 Å². The van der Waals surface area contributed by atoms with Gasteiger partial charge in [-0.05, 0) is 45.1 Å². The Balaban J connectivity index is 1.99. The van der Waals surface area contributed by atoms with Crippen LogP contribution < -0.4 is 15.8 Å². The van der Waals surface area contributed by atoms with Crippen molar-refractivity contribution in [1.82, 2.24) is 5.32 Å². The predicted octanol–water partition coefficient (Wildman–Crippen LogP) is 2.67. The number of ether oxygens (including phenoxy) is 1. The van der Waals surface area contributed by atoms with E-state index in [1.807, 2.05) is 0 Å². The van der Waals surface area contributed by atoms with E-state index in [2.05, 4.69) is 31.3 Å². The number of benzene rings is 1. The van der Waals surface area contributed by atoms with E-state index >= 15 is 0 Å². The van der Waals surface area contributed by atoms with Crippen molar-refractivity contribution in [2.75, 3.05) is 7.11 Å². The van der Waals surface area contributed by atoms with E-state index in [-0.39, 0.29) is 0 Å². The van der Waals surface area contributed by atoms with E-state index in [0.717, 1.165) is 25.1 Å². The summed E-state index contributed by atoms with van der Waals surface area (Å²) in [5, 5.41) is 3.65. The Morgan fingerprint density at radius 2 is 1.89 bits per heavy atom. The molecular formula is C16H26N2O. The number of hydrogen-bond donors (Lipinski definition) is 2. The largest absolute Gasteiger partial charge is 0.496 e. The van der Waals surface area contributed by atoms with Gasteiger partial charge in [0.1, 0.15) is 5.75 Å². The fraction of sp³-hybridized carbons (Fsp3) is 0.625. The second-order valence-corrected chi connectivity index (χ2v) is 5.77. The van der Waals surface area contributed by atoms with Crippen molar-refractivity contribution in [3.63, 3.8) is 0 Å². The van der Waals surface area contributed by atoms with Crippen molar-refractivity contribution < 1.29 is 4.74 Å². The average Bonchev–Trinajstić information content (AvgIpc) is 2.37. The molecule has 3 nitrogen and oxygen atoms in total. The lowest BCUT2D eigenvalue weighted by Crippen LogP contribution is -2.37. The maximum absolute atomic E-state index is 5.94. The molecule has 0 bridgehead atoms. The molecule has 1 aromatic carbocycles. The van der Waals surface area contributed by atoms with Crippen molar-refractivity contribution >= 4 is 0 Å². The van der Waals surface area contributed by atoms with Crippen molar-refractivity contribution in [1.29, 1.82) is 0 Å². The second kappa shape index (κ2) is 6.40. The lowest BCUT2D eigenvalue weighted by Gasteiger charge is -2.27. The van der Waals surface area contributed by atoms with Gasteiger partial charge in [-0.25, -0.2) is 0 Å². The number of aryl methyl sites for hydroxylation is 2. The van der Waals surface area contributed by atoms with Crippen molar-refractivity contribution in [2.24, 2.45) is 5.73 Å². The van der Waals surface area contributed by atoms with Gasteiger partial charge in [0.2, 0.25) is 0 Å². The van der Waals surface area contributed by atoms with Crippen LogP contribution in [-0.2, 0) is 6.54 Å². The molecule has 1 fully saturated rings. The molecule has 0 spiro atoms. The summed E-state index contributed by atoms with van der Waals surface area (Å²) in [6.07, 6.45) is 4.66. The van der Waals surface area contributed by atoms with Crippen LogP contribution in [0.2, 0.25) is 0 Å². The van der Waals surface area contributed by atoms with E-state index < -0.39 is 0 Å². The van der Waals surface area contributed by atoms with Gasteiger partial charge in [-0.15, -0.1) is 0 Å². The Labute approximate surface area is 116 Å². The summed E-state index contributed by atoms with van der Waals surface area (Å²) in [5.41, 5.74) is 9.71. The molecule has 2 rings (SSSR count). The minimum absolute atomic E-state index is 0.411. The third-order valence-electron chi connectivity index (χ3n) is 4.05. The molecule has 0 atom stereocenters. The first kappa shape index (κ1) is 14.4. The molecule has 3 heteroatoms. The highest BCUT2D eigenvalue weighted by Crippen LogP contribution is 2.25. The molecular weight excluding hydrogens is 236 g/mol. The third kappa shape index (κ3) is 3.71. The van der Waals surface area contributed by atoms with Gasteiger partial charge >= 0.3 is 0 Å². The molecule has 106 valence electrons. The molecule has 1 aliphatic rings. The van der Waals surface area contributed by atoms with Gasteiger partial charge in [-0.2, -0.15) is 0 Å². The zero-order valence-electron chi connectivity index (χ0n) is 12.3. The van der Waals surface area contributed by atoms with E-state index in [4.69, 9.17) is 10.5 Å². The molecule has 0 aromatic heterocycles. The van der Waals surface area contributed by atoms with Crippen LogP contribution in [0.5, 0.6) is 5.75 Å². The first-order valence-electron chi connectivity index (χ1n) is 7.23. The molecule has 19 heavy (non-hydrogen) atoms. The third-order valence-corrected chi connectivity index (χ3v) is 4.05. The topological polar surface area (TPSA) is 47.3 Å². The summed E-state index contributed by atoms with van der Waals surface area (Å²) in [6.45, 7) is 5.12. The van der Waals surface area contributed by atoms with Crippen molar-refractivity contribution in [2.45, 2.75) is 58.2 Å². The van der Waals surface area contributed by atoms with Crippen LogP contribution in [0.4, 0.5) is 0 Å². The van der Waals surface area contributed by atoms with E-state index in [0.29, 0.717) is 12.1 Å². The monoisotopic (exact) mass is 262 g/mol. The summed E-state index contributed by atoms with van der Waals surface area (Å²) in [5.74, 6) is 1.02. The Morgan fingerprint density at radius 1 is 1.21 bits per heavy atom. The summed E-state index contributed by atoms with van der Waals surface area (Å²) in [6, 6.07) is 5.40. The highest BCUT2D eigenvalue weighted by atomic mass is 16.5. The summed E-state index contributed by atoms with van der Waals surface area (Å²) >= 11 is 0. The molecule has 3 N–H and O–H groups in total. The smallest absolute Gasteiger partial charge is 0.126 e. The summed E-state index contributed by atoms with van der Waals surface area (Å²) in [7, 11) is 1.75. The second-order valence-electron chi connectivity index (χ2n) is 5.77. The zero-order chi connectivity index (χ0) is 13.8.